The van der Waals surface area contributed by atoms with Crippen LogP contribution in [0.1, 0.15) is 17.8 Å². The molecule has 10 heteroatoms. The van der Waals surface area contributed by atoms with Gasteiger partial charge in [0.25, 0.3) is 0 Å². The fraction of sp³-hybridized carbons (Fsp3) is 0.706. The maximum Gasteiger partial charge on any atom is 0.433 e. The van der Waals surface area contributed by atoms with Gasteiger partial charge in [-0.25, -0.2) is 13.4 Å². The smallest absolute Gasteiger partial charge is 0.381 e. The zero-order valence-electron chi connectivity index (χ0n) is 15.0. The van der Waals surface area contributed by atoms with Gasteiger partial charge in [-0.3, -0.25) is 0 Å². The molecular formula is C17H22F3N3O3S. The number of nitrogens with zero attached hydrogens (tertiary/aromatic N) is 3. The Kier molecular flexibility index (Phi) is 4.53. The molecule has 3 saturated heterocycles. The van der Waals surface area contributed by atoms with Gasteiger partial charge in [0.05, 0.1) is 12.3 Å². The minimum absolute atomic E-state index is 0.0141. The van der Waals surface area contributed by atoms with Crippen molar-refractivity contribution in [3.05, 3.63) is 23.5 Å². The van der Waals surface area contributed by atoms with E-state index in [1.54, 1.807) is 0 Å². The van der Waals surface area contributed by atoms with Crippen molar-refractivity contribution in [1.29, 1.82) is 0 Å². The molecule has 0 saturated carbocycles. The summed E-state index contributed by atoms with van der Waals surface area (Å²) in [5.41, 5.74) is -1.22. The molecule has 1 aromatic heterocycles. The fourth-order valence-electron chi connectivity index (χ4n) is 4.31. The SMILES string of the molecule is Cc1nc(C(F)(F)F)ccc1S(=O)(=O)N1CC2(CN(C[C@H]3CCOC3)C2)C1. The molecule has 1 spiro atoms. The second-order valence-electron chi connectivity index (χ2n) is 7.95. The van der Waals surface area contributed by atoms with E-state index in [0.717, 1.165) is 51.4 Å². The Morgan fingerprint density at radius 1 is 1.26 bits per heavy atom. The van der Waals surface area contributed by atoms with Crippen LogP contribution in [-0.4, -0.2) is 68.5 Å². The largest absolute Gasteiger partial charge is 0.433 e. The van der Waals surface area contributed by atoms with Crippen LogP contribution in [0.3, 0.4) is 0 Å². The lowest BCUT2D eigenvalue weighted by molar-refractivity contribution is -0.141. The van der Waals surface area contributed by atoms with Crippen molar-refractivity contribution < 1.29 is 26.3 Å². The third kappa shape index (κ3) is 3.48. The lowest BCUT2D eigenvalue weighted by Gasteiger charge is -2.60. The van der Waals surface area contributed by atoms with Crippen LogP contribution in [0.2, 0.25) is 0 Å². The summed E-state index contributed by atoms with van der Waals surface area (Å²) in [6.07, 6.45) is -3.52. The van der Waals surface area contributed by atoms with E-state index in [4.69, 9.17) is 4.74 Å². The summed E-state index contributed by atoms with van der Waals surface area (Å²) in [4.78, 5) is 5.62. The van der Waals surface area contributed by atoms with E-state index in [2.05, 4.69) is 9.88 Å². The average Bonchev–Trinajstić information content (AvgIpc) is 2.99. The van der Waals surface area contributed by atoms with Gasteiger partial charge in [0.2, 0.25) is 10.0 Å². The second kappa shape index (κ2) is 6.40. The molecular weight excluding hydrogens is 383 g/mol. The summed E-state index contributed by atoms with van der Waals surface area (Å²) in [5, 5.41) is 0. The van der Waals surface area contributed by atoms with E-state index in [-0.39, 0.29) is 16.0 Å². The van der Waals surface area contributed by atoms with Gasteiger partial charge in [0.1, 0.15) is 10.6 Å². The summed E-state index contributed by atoms with van der Waals surface area (Å²) in [6.45, 7) is 6.43. The first-order chi connectivity index (χ1) is 12.6. The molecule has 3 aliphatic heterocycles. The summed E-state index contributed by atoms with van der Waals surface area (Å²) >= 11 is 0. The van der Waals surface area contributed by atoms with Crippen LogP contribution < -0.4 is 0 Å². The average molecular weight is 405 g/mol. The molecule has 6 nitrogen and oxygen atoms in total. The normalized spacial score (nSPS) is 26.1. The van der Waals surface area contributed by atoms with Gasteiger partial charge in [0.15, 0.2) is 0 Å². The zero-order valence-corrected chi connectivity index (χ0v) is 15.8. The van der Waals surface area contributed by atoms with Crippen LogP contribution in [-0.2, 0) is 20.9 Å². The number of rotatable bonds is 4. The molecule has 4 rings (SSSR count). The van der Waals surface area contributed by atoms with E-state index in [9.17, 15) is 21.6 Å². The molecule has 4 heterocycles. The predicted octanol–water partition coefficient (Wildman–Crippen LogP) is 1.75. The Morgan fingerprint density at radius 2 is 1.96 bits per heavy atom. The van der Waals surface area contributed by atoms with Crippen LogP contribution >= 0.6 is 0 Å². The molecule has 27 heavy (non-hydrogen) atoms. The Labute approximate surface area is 156 Å². The summed E-state index contributed by atoms with van der Waals surface area (Å²) < 4.78 is 70.4. The zero-order chi connectivity index (χ0) is 19.4. The van der Waals surface area contributed by atoms with Gasteiger partial charge < -0.3 is 9.64 Å². The number of likely N-dealkylation sites (tertiary alicyclic amines) is 1. The van der Waals surface area contributed by atoms with Crippen molar-refractivity contribution in [1.82, 2.24) is 14.2 Å². The van der Waals surface area contributed by atoms with Crippen molar-refractivity contribution in [3.8, 4) is 0 Å². The predicted molar refractivity (Wildman–Crippen MR) is 90.5 cm³/mol. The summed E-state index contributed by atoms with van der Waals surface area (Å²) in [7, 11) is -3.82. The van der Waals surface area contributed by atoms with Crippen molar-refractivity contribution in [2.75, 3.05) is 45.9 Å². The molecule has 0 N–H and O–H groups in total. The summed E-state index contributed by atoms with van der Waals surface area (Å²) in [6, 6.07) is 1.74. The first-order valence-corrected chi connectivity index (χ1v) is 10.4. The number of aryl methyl sites for hydroxylation is 1. The minimum atomic E-state index is -4.59. The van der Waals surface area contributed by atoms with Gasteiger partial charge in [-0.1, -0.05) is 0 Å². The number of alkyl halides is 3. The van der Waals surface area contributed by atoms with Crippen LogP contribution in [0.5, 0.6) is 0 Å². The first kappa shape index (κ1) is 19.1. The van der Waals surface area contributed by atoms with Gasteiger partial charge in [-0.15, -0.1) is 0 Å². The molecule has 3 aliphatic rings. The van der Waals surface area contributed by atoms with Crippen LogP contribution in [0.25, 0.3) is 0 Å². The number of hydrogen-bond acceptors (Lipinski definition) is 5. The lowest BCUT2D eigenvalue weighted by atomic mass is 9.74. The van der Waals surface area contributed by atoms with Crippen molar-refractivity contribution in [2.24, 2.45) is 11.3 Å². The molecule has 0 aromatic carbocycles. The quantitative estimate of drug-likeness (QED) is 0.764. The molecule has 0 radical (unpaired) electrons. The highest BCUT2D eigenvalue weighted by atomic mass is 32.2. The molecule has 1 atom stereocenters. The van der Waals surface area contributed by atoms with E-state index < -0.39 is 21.9 Å². The second-order valence-corrected chi connectivity index (χ2v) is 9.86. The number of sulfonamides is 1. The Hall–Kier alpha value is -1.23. The molecule has 0 unspecified atom stereocenters. The lowest BCUT2D eigenvalue weighted by Crippen LogP contribution is -2.73. The number of pyridine rings is 1. The van der Waals surface area contributed by atoms with E-state index >= 15 is 0 Å². The number of ether oxygens (including phenoxy) is 1. The molecule has 0 amide bonds. The fourth-order valence-corrected chi connectivity index (χ4v) is 6.14. The van der Waals surface area contributed by atoms with E-state index in [0.29, 0.717) is 19.0 Å². The van der Waals surface area contributed by atoms with Gasteiger partial charge in [0, 0.05) is 44.7 Å². The minimum Gasteiger partial charge on any atom is -0.381 e. The van der Waals surface area contributed by atoms with Crippen LogP contribution in [0.15, 0.2) is 17.0 Å². The summed E-state index contributed by atoms with van der Waals surface area (Å²) in [5.74, 6) is 0.558. The number of aromatic nitrogens is 1. The van der Waals surface area contributed by atoms with Gasteiger partial charge >= 0.3 is 6.18 Å². The van der Waals surface area contributed by atoms with Gasteiger partial charge in [-0.05, 0) is 31.4 Å². The van der Waals surface area contributed by atoms with Crippen molar-refractivity contribution in [3.63, 3.8) is 0 Å². The monoisotopic (exact) mass is 405 g/mol. The number of hydrogen-bond donors (Lipinski definition) is 0. The van der Waals surface area contributed by atoms with Crippen LogP contribution in [0, 0.1) is 18.3 Å². The van der Waals surface area contributed by atoms with Gasteiger partial charge in [-0.2, -0.15) is 17.5 Å². The molecule has 1 aromatic rings. The highest BCUT2D eigenvalue weighted by molar-refractivity contribution is 7.89. The first-order valence-electron chi connectivity index (χ1n) is 8.94. The standard InChI is InChI=1S/C17H22F3N3O3S/c1-12-14(2-3-15(21-12)17(18,19)20)27(24,25)23-10-16(11-23)8-22(9-16)6-13-4-5-26-7-13/h2-3,13H,4-11H2,1H3/t13-/m1/s1. The van der Waals surface area contributed by atoms with E-state index in [1.165, 1.54) is 11.2 Å². The number of halogens is 3. The third-order valence-electron chi connectivity index (χ3n) is 5.63. The van der Waals surface area contributed by atoms with Crippen molar-refractivity contribution in [2.45, 2.75) is 24.4 Å². The Balaban J connectivity index is 1.38. The molecule has 0 bridgehead atoms. The van der Waals surface area contributed by atoms with Crippen LogP contribution in [0.4, 0.5) is 13.2 Å². The molecule has 3 fully saturated rings. The topological polar surface area (TPSA) is 62.7 Å². The highest BCUT2D eigenvalue weighted by Gasteiger charge is 2.55. The molecule has 150 valence electrons. The Bertz CT molecular complexity index is 824. The maximum absolute atomic E-state index is 12.8. The maximum atomic E-state index is 12.8. The highest BCUT2D eigenvalue weighted by Crippen LogP contribution is 2.43. The third-order valence-corrected chi connectivity index (χ3v) is 7.55. The Morgan fingerprint density at radius 3 is 2.52 bits per heavy atom. The van der Waals surface area contributed by atoms with Crippen molar-refractivity contribution >= 4 is 10.0 Å². The molecule has 0 aliphatic carbocycles. The van der Waals surface area contributed by atoms with E-state index in [1.807, 2.05) is 0 Å².